The summed E-state index contributed by atoms with van der Waals surface area (Å²) in [5.41, 5.74) is 1.94. The first-order valence-electron chi connectivity index (χ1n) is 6.36. The van der Waals surface area contributed by atoms with E-state index in [0.29, 0.717) is 5.88 Å². The molecule has 0 aromatic carbocycles. The van der Waals surface area contributed by atoms with Gasteiger partial charge in [-0.3, -0.25) is 4.68 Å². The number of methoxy groups -OCH3 is 1. The molecule has 102 valence electrons. The highest BCUT2D eigenvalue weighted by atomic mass is 16.5. The third kappa shape index (κ3) is 2.90. The minimum Gasteiger partial charge on any atom is -0.480 e. The van der Waals surface area contributed by atoms with Crippen LogP contribution in [0.1, 0.15) is 30.8 Å². The van der Waals surface area contributed by atoms with E-state index in [0.717, 1.165) is 24.4 Å². The van der Waals surface area contributed by atoms with Crippen molar-refractivity contribution in [1.29, 1.82) is 0 Å². The topological polar surface area (TPSA) is 64.9 Å². The fourth-order valence-corrected chi connectivity index (χ4v) is 2.03. The Balaban J connectivity index is 2.29. The first-order chi connectivity index (χ1) is 9.30. The predicted octanol–water partition coefficient (Wildman–Crippen LogP) is 1.40. The molecule has 2 rings (SSSR count). The van der Waals surface area contributed by atoms with Gasteiger partial charge in [0.15, 0.2) is 0 Å². The Morgan fingerprint density at radius 2 is 2.16 bits per heavy atom. The smallest absolute Gasteiger partial charge is 0.233 e. The largest absolute Gasteiger partial charge is 0.480 e. The van der Waals surface area contributed by atoms with Crippen molar-refractivity contribution in [3.63, 3.8) is 0 Å². The molecule has 19 heavy (non-hydrogen) atoms. The summed E-state index contributed by atoms with van der Waals surface area (Å²) in [6, 6.07) is 5.71. The number of hydrogen-bond donors (Lipinski definition) is 1. The third-order valence-electron chi connectivity index (χ3n) is 2.93. The van der Waals surface area contributed by atoms with Crippen molar-refractivity contribution in [3.8, 4) is 5.88 Å². The fraction of sp³-hybridized carbons (Fsp3) is 0.462. The zero-order valence-corrected chi connectivity index (χ0v) is 11.5. The number of nitrogens with one attached hydrogen (secondary N) is 1. The van der Waals surface area contributed by atoms with Gasteiger partial charge in [0.25, 0.3) is 0 Å². The Bertz CT molecular complexity index is 508. The van der Waals surface area contributed by atoms with Gasteiger partial charge in [-0.25, -0.2) is 0 Å². The van der Waals surface area contributed by atoms with E-state index in [2.05, 4.69) is 27.5 Å². The summed E-state index contributed by atoms with van der Waals surface area (Å²) in [7, 11) is 3.48. The Hall–Kier alpha value is -1.95. The van der Waals surface area contributed by atoms with Gasteiger partial charge < -0.3 is 10.1 Å². The molecule has 0 fully saturated rings. The summed E-state index contributed by atoms with van der Waals surface area (Å²) < 4.78 is 7.02. The highest BCUT2D eigenvalue weighted by Gasteiger charge is 2.18. The normalized spacial score (nSPS) is 12.4. The summed E-state index contributed by atoms with van der Waals surface area (Å²) in [6.45, 7) is 3.02. The van der Waals surface area contributed by atoms with Gasteiger partial charge in [-0.15, -0.1) is 10.2 Å². The number of ether oxygens (including phenoxy) is 1. The zero-order valence-electron chi connectivity index (χ0n) is 11.5. The molecule has 1 unspecified atom stereocenters. The van der Waals surface area contributed by atoms with Gasteiger partial charge >= 0.3 is 0 Å². The van der Waals surface area contributed by atoms with Crippen molar-refractivity contribution < 1.29 is 4.74 Å². The second-order valence-electron chi connectivity index (χ2n) is 4.20. The Kier molecular flexibility index (Phi) is 4.46. The van der Waals surface area contributed by atoms with Crippen LogP contribution in [0.5, 0.6) is 5.88 Å². The Labute approximate surface area is 112 Å². The van der Waals surface area contributed by atoms with Crippen LogP contribution in [0.4, 0.5) is 0 Å². The maximum atomic E-state index is 5.02. The molecule has 0 aliphatic heterocycles. The van der Waals surface area contributed by atoms with Crippen LogP contribution in [0.3, 0.4) is 0 Å². The summed E-state index contributed by atoms with van der Waals surface area (Å²) in [4.78, 5) is 0. The van der Waals surface area contributed by atoms with E-state index in [4.69, 9.17) is 4.74 Å². The Morgan fingerprint density at radius 1 is 1.32 bits per heavy atom. The maximum Gasteiger partial charge on any atom is 0.233 e. The van der Waals surface area contributed by atoms with Crippen molar-refractivity contribution in [2.75, 3.05) is 14.2 Å². The van der Waals surface area contributed by atoms with Crippen LogP contribution in [0, 0.1) is 0 Å². The molecule has 0 aliphatic carbocycles. The minimum absolute atomic E-state index is 0.0209. The van der Waals surface area contributed by atoms with E-state index < -0.39 is 0 Å². The van der Waals surface area contributed by atoms with E-state index in [1.54, 1.807) is 7.11 Å². The van der Waals surface area contributed by atoms with Crippen LogP contribution in [0.2, 0.25) is 0 Å². The predicted molar refractivity (Wildman–Crippen MR) is 72.0 cm³/mol. The molecule has 0 aliphatic rings. The second kappa shape index (κ2) is 6.29. The van der Waals surface area contributed by atoms with E-state index in [9.17, 15) is 0 Å². The van der Waals surface area contributed by atoms with Crippen LogP contribution < -0.4 is 10.1 Å². The third-order valence-corrected chi connectivity index (χ3v) is 2.93. The van der Waals surface area contributed by atoms with Crippen molar-refractivity contribution in [2.24, 2.45) is 0 Å². The Morgan fingerprint density at radius 3 is 2.74 bits per heavy atom. The molecule has 6 heteroatoms. The lowest BCUT2D eigenvalue weighted by atomic mass is 10.1. The number of aromatic nitrogens is 4. The second-order valence-corrected chi connectivity index (χ2v) is 4.20. The first-order valence-corrected chi connectivity index (χ1v) is 6.36. The molecule has 1 N–H and O–H groups in total. The van der Waals surface area contributed by atoms with E-state index in [-0.39, 0.29) is 6.04 Å². The molecule has 0 saturated carbocycles. The number of aryl methyl sites for hydroxylation is 1. The lowest BCUT2D eigenvalue weighted by molar-refractivity contribution is 0.390. The average Bonchev–Trinajstić information content (AvgIpc) is 2.89. The highest BCUT2D eigenvalue weighted by molar-refractivity contribution is 5.22. The standard InChI is InChI=1S/C13H19N5O/c1-4-9-18-11(7-8-15-18)13(14-2)10-5-6-12(19-3)17-16-10/h5-8,13-14H,4,9H2,1-3H3. The van der Waals surface area contributed by atoms with Crippen LogP contribution in [0.15, 0.2) is 24.4 Å². The van der Waals surface area contributed by atoms with Gasteiger partial charge in [-0.05, 0) is 25.6 Å². The molecule has 0 spiro atoms. The zero-order chi connectivity index (χ0) is 13.7. The van der Waals surface area contributed by atoms with Crippen LogP contribution in [0.25, 0.3) is 0 Å². The van der Waals surface area contributed by atoms with Crippen molar-refractivity contribution >= 4 is 0 Å². The van der Waals surface area contributed by atoms with Gasteiger partial charge in [0.2, 0.25) is 5.88 Å². The van der Waals surface area contributed by atoms with Gasteiger partial charge in [0.05, 0.1) is 24.5 Å². The molecule has 6 nitrogen and oxygen atoms in total. The lowest BCUT2D eigenvalue weighted by Gasteiger charge is -2.17. The number of hydrogen-bond acceptors (Lipinski definition) is 5. The molecule has 2 aromatic heterocycles. The van der Waals surface area contributed by atoms with Crippen LogP contribution in [-0.4, -0.2) is 34.1 Å². The molecular formula is C13H19N5O. The lowest BCUT2D eigenvalue weighted by Crippen LogP contribution is -2.23. The molecule has 2 aromatic rings. The highest BCUT2D eigenvalue weighted by Crippen LogP contribution is 2.20. The van der Waals surface area contributed by atoms with Crippen LogP contribution >= 0.6 is 0 Å². The number of nitrogens with zero attached hydrogens (tertiary/aromatic N) is 4. The molecule has 0 radical (unpaired) electrons. The van der Waals surface area contributed by atoms with Gasteiger partial charge in [0.1, 0.15) is 0 Å². The van der Waals surface area contributed by atoms with Crippen molar-refractivity contribution in [1.82, 2.24) is 25.3 Å². The van der Waals surface area contributed by atoms with Crippen molar-refractivity contribution in [3.05, 3.63) is 35.8 Å². The quantitative estimate of drug-likeness (QED) is 0.851. The van der Waals surface area contributed by atoms with E-state index >= 15 is 0 Å². The van der Waals surface area contributed by atoms with Crippen LogP contribution in [-0.2, 0) is 6.54 Å². The average molecular weight is 261 g/mol. The van der Waals surface area contributed by atoms with Gasteiger partial charge in [0, 0.05) is 18.8 Å². The molecule has 2 heterocycles. The summed E-state index contributed by atoms with van der Waals surface area (Å²) in [5.74, 6) is 0.515. The molecular weight excluding hydrogens is 242 g/mol. The monoisotopic (exact) mass is 261 g/mol. The molecule has 1 atom stereocenters. The van der Waals surface area contributed by atoms with Gasteiger partial charge in [-0.1, -0.05) is 6.92 Å². The maximum absolute atomic E-state index is 5.02. The van der Waals surface area contributed by atoms with E-state index in [1.807, 2.05) is 36.1 Å². The molecule has 0 saturated heterocycles. The summed E-state index contributed by atoms with van der Waals surface area (Å²) in [5, 5.41) is 15.8. The first kappa shape index (κ1) is 13.5. The van der Waals surface area contributed by atoms with Crippen molar-refractivity contribution in [2.45, 2.75) is 25.9 Å². The fourth-order valence-electron chi connectivity index (χ4n) is 2.03. The molecule has 0 bridgehead atoms. The molecule has 0 amide bonds. The van der Waals surface area contributed by atoms with E-state index in [1.165, 1.54) is 0 Å². The minimum atomic E-state index is -0.0209. The summed E-state index contributed by atoms with van der Waals surface area (Å²) in [6.07, 6.45) is 2.85. The van der Waals surface area contributed by atoms with Gasteiger partial charge in [-0.2, -0.15) is 5.10 Å². The SMILES string of the molecule is CCCn1nccc1C(NC)c1ccc(OC)nn1. The number of rotatable bonds is 6. The summed E-state index contributed by atoms with van der Waals surface area (Å²) >= 11 is 0.